The molecule has 162 valence electrons. The Morgan fingerprint density at radius 1 is 1.23 bits per heavy atom. The number of thioether (sulfide) groups is 1. The highest BCUT2D eigenvalue weighted by Gasteiger charge is 2.21. The van der Waals surface area contributed by atoms with Crippen LogP contribution in [0.25, 0.3) is 0 Å². The summed E-state index contributed by atoms with van der Waals surface area (Å²) in [6.45, 7) is 5.93. The van der Waals surface area contributed by atoms with Crippen molar-refractivity contribution in [3.05, 3.63) is 77.6 Å². The maximum Gasteiger partial charge on any atom is 0.234 e. The van der Waals surface area contributed by atoms with Crippen molar-refractivity contribution >= 4 is 44.8 Å². The Morgan fingerprint density at radius 3 is 2.65 bits per heavy atom. The van der Waals surface area contributed by atoms with Crippen molar-refractivity contribution in [2.45, 2.75) is 29.3 Å². The van der Waals surface area contributed by atoms with Crippen LogP contribution >= 0.6 is 23.4 Å². The number of benzene rings is 2. The summed E-state index contributed by atoms with van der Waals surface area (Å²) in [5, 5.41) is 11.9. The number of aromatic nitrogens is 3. The molecule has 0 aliphatic rings. The largest absolute Gasteiger partial charge is 0.325 e. The van der Waals surface area contributed by atoms with Gasteiger partial charge in [-0.1, -0.05) is 53.2 Å². The third-order valence-electron chi connectivity index (χ3n) is 4.25. The Hall–Kier alpha value is -2.62. The monoisotopic (exact) mass is 476 g/mol. The number of carbonyl (C=O) groups excluding carboxylic acids is 1. The van der Waals surface area contributed by atoms with Crippen LogP contribution in [0.15, 0.2) is 71.2 Å². The van der Waals surface area contributed by atoms with Gasteiger partial charge in [0, 0.05) is 17.3 Å². The molecule has 0 bridgehead atoms. The molecule has 0 radical (unpaired) electrons. The molecule has 0 saturated heterocycles. The number of halogens is 1. The molecule has 0 fully saturated rings. The van der Waals surface area contributed by atoms with Crippen LogP contribution in [0.1, 0.15) is 11.4 Å². The van der Waals surface area contributed by atoms with Gasteiger partial charge in [-0.2, -0.15) is 0 Å². The fraction of sp³-hybridized carbons (Fsp3) is 0.190. The molecule has 0 saturated carbocycles. The van der Waals surface area contributed by atoms with Crippen LogP contribution in [0.4, 0.5) is 5.69 Å². The van der Waals surface area contributed by atoms with Crippen molar-refractivity contribution < 1.29 is 13.2 Å². The fourth-order valence-corrected chi connectivity index (χ4v) is 4.97. The zero-order valence-electron chi connectivity index (χ0n) is 16.8. The average molecular weight is 477 g/mol. The minimum atomic E-state index is -3.59. The topological polar surface area (TPSA) is 93.9 Å². The van der Waals surface area contributed by atoms with Crippen LogP contribution < -0.4 is 5.32 Å². The van der Waals surface area contributed by atoms with Gasteiger partial charge in [-0.3, -0.25) is 4.79 Å². The molecule has 1 heterocycles. The van der Waals surface area contributed by atoms with Gasteiger partial charge in [-0.15, -0.1) is 16.8 Å². The Kier molecular flexibility index (Phi) is 7.53. The number of allylic oxidation sites excluding steroid dienone is 1. The second-order valence-corrected chi connectivity index (χ2v) is 10.1. The van der Waals surface area contributed by atoms with Gasteiger partial charge in [-0.25, -0.2) is 8.42 Å². The highest BCUT2D eigenvalue weighted by atomic mass is 35.5. The van der Waals surface area contributed by atoms with Gasteiger partial charge in [0.05, 0.1) is 10.6 Å². The molecular weight excluding hydrogens is 456 g/mol. The average Bonchev–Trinajstić information content (AvgIpc) is 3.08. The van der Waals surface area contributed by atoms with E-state index in [4.69, 9.17) is 11.6 Å². The summed E-state index contributed by atoms with van der Waals surface area (Å²) < 4.78 is 27.2. The first-order valence-electron chi connectivity index (χ1n) is 9.29. The number of sulfone groups is 1. The number of anilines is 1. The first-order chi connectivity index (χ1) is 14.8. The van der Waals surface area contributed by atoms with Crippen molar-refractivity contribution in [2.75, 3.05) is 11.1 Å². The molecular formula is C21H21ClN4O3S2. The third-order valence-corrected chi connectivity index (χ3v) is 7.08. The summed E-state index contributed by atoms with van der Waals surface area (Å²) in [6, 6.07) is 13.5. The molecule has 1 N–H and O–H groups in total. The van der Waals surface area contributed by atoms with E-state index in [2.05, 4.69) is 22.1 Å². The van der Waals surface area contributed by atoms with Crippen LogP contribution in [0.2, 0.25) is 5.02 Å². The zero-order chi connectivity index (χ0) is 22.4. The van der Waals surface area contributed by atoms with E-state index < -0.39 is 9.84 Å². The van der Waals surface area contributed by atoms with Gasteiger partial charge in [-0.05, 0) is 37.3 Å². The quantitative estimate of drug-likeness (QED) is 0.368. The number of rotatable bonds is 9. The van der Waals surface area contributed by atoms with Crippen molar-refractivity contribution in [2.24, 2.45) is 0 Å². The van der Waals surface area contributed by atoms with Gasteiger partial charge in [0.15, 0.2) is 15.0 Å². The summed E-state index contributed by atoms with van der Waals surface area (Å²) in [6.07, 6.45) is 1.63. The molecule has 0 atom stereocenters. The second-order valence-electron chi connectivity index (χ2n) is 6.72. The lowest BCUT2D eigenvalue weighted by Crippen LogP contribution is -2.15. The van der Waals surface area contributed by atoms with Crippen LogP contribution in [0, 0.1) is 6.92 Å². The van der Waals surface area contributed by atoms with E-state index in [0.29, 0.717) is 28.2 Å². The fourth-order valence-electron chi connectivity index (χ4n) is 2.74. The standard InChI is InChI=1S/C21H21ClN4O3S2/c1-3-11-26-19(14-31(28,29)18-9-7-15(2)8-10-18)24-25-21(26)30-13-20(27)23-17-6-4-5-16(22)12-17/h3-10,12H,1,11,13-14H2,2H3,(H,23,27). The van der Waals surface area contributed by atoms with Gasteiger partial charge in [0.25, 0.3) is 0 Å². The summed E-state index contributed by atoms with van der Waals surface area (Å²) >= 11 is 7.09. The second kappa shape index (κ2) is 10.1. The molecule has 7 nitrogen and oxygen atoms in total. The zero-order valence-corrected chi connectivity index (χ0v) is 19.2. The molecule has 10 heteroatoms. The van der Waals surface area contributed by atoms with Crippen LogP contribution in [-0.4, -0.2) is 34.8 Å². The Bertz CT molecular complexity index is 1190. The van der Waals surface area contributed by atoms with Gasteiger partial charge < -0.3 is 9.88 Å². The molecule has 31 heavy (non-hydrogen) atoms. The molecule has 1 aromatic heterocycles. The number of nitrogens with zero attached hydrogens (tertiary/aromatic N) is 3. The third kappa shape index (κ3) is 6.19. The minimum absolute atomic E-state index is 0.0759. The SMILES string of the molecule is C=CCn1c(CS(=O)(=O)c2ccc(C)cc2)nnc1SCC(=O)Nc1cccc(Cl)c1. The van der Waals surface area contributed by atoms with Crippen LogP contribution in [0.5, 0.6) is 0 Å². The number of hydrogen-bond donors (Lipinski definition) is 1. The lowest BCUT2D eigenvalue weighted by atomic mass is 10.2. The summed E-state index contributed by atoms with van der Waals surface area (Å²) in [5.74, 6) is -0.175. The molecule has 3 aromatic rings. The maximum atomic E-state index is 12.8. The van der Waals surface area contributed by atoms with E-state index in [1.165, 1.54) is 0 Å². The first-order valence-corrected chi connectivity index (χ1v) is 12.3. The smallest absolute Gasteiger partial charge is 0.234 e. The van der Waals surface area contributed by atoms with Crippen molar-refractivity contribution in [3.8, 4) is 0 Å². The molecule has 0 aliphatic heterocycles. The summed E-state index contributed by atoms with van der Waals surface area (Å²) in [4.78, 5) is 12.5. The molecule has 0 spiro atoms. The van der Waals surface area contributed by atoms with E-state index in [1.807, 2.05) is 6.92 Å². The molecule has 1 amide bonds. The van der Waals surface area contributed by atoms with Crippen molar-refractivity contribution in [1.29, 1.82) is 0 Å². The van der Waals surface area contributed by atoms with E-state index in [0.717, 1.165) is 17.3 Å². The predicted octanol–water partition coefficient (Wildman–Crippen LogP) is 4.13. The Balaban J connectivity index is 1.71. The first kappa shape index (κ1) is 23.1. The van der Waals surface area contributed by atoms with Gasteiger partial charge in [0.1, 0.15) is 11.6 Å². The number of amides is 1. The number of carbonyl (C=O) groups is 1. The lowest BCUT2D eigenvalue weighted by Gasteiger charge is -2.09. The molecule has 0 aliphatic carbocycles. The van der Waals surface area contributed by atoms with Crippen LogP contribution in [0.3, 0.4) is 0 Å². The molecule has 3 rings (SSSR count). The highest BCUT2D eigenvalue weighted by molar-refractivity contribution is 7.99. The number of nitrogens with one attached hydrogen (secondary N) is 1. The van der Waals surface area contributed by atoms with Crippen LogP contribution in [-0.2, 0) is 26.9 Å². The van der Waals surface area contributed by atoms with Gasteiger partial charge in [0.2, 0.25) is 5.91 Å². The number of aryl methyl sites for hydroxylation is 1. The van der Waals surface area contributed by atoms with Crippen molar-refractivity contribution in [1.82, 2.24) is 14.8 Å². The van der Waals surface area contributed by atoms with Gasteiger partial charge >= 0.3 is 0 Å². The Labute approximate surface area is 190 Å². The summed E-state index contributed by atoms with van der Waals surface area (Å²) in [7, 11) is -3.59. The van der Waals surface area contributed by atoms with E-state index in [1.54, 1.807) is 59.2 Å². The Morgan fingerprint density at radius 2 is 1.97 bits per heavy atom. The van der Waals surface area contributed by atoms with E-state index in [9.17, 15) is 13.2 Å². The molecule has 0 unspecified atom stereocenters. The predicted molar refractivity (Wildman–Crippen MR) is 123 cm³/mol. The van der Waals surface area contributed by atoms with E-state index in [-0.39, 0.29) is 22.3 Å². The number of hydrogen-bond acceptors (Lipinski definition) is 6. The minimum Gasteiger partial charge on any atom is -0.325 e. The maximum absolute atomic E-state index is 12.8. The summed E-state index contributed by atoms with van der Waals surface area (Å²) in [5.41, 5.74) is 1.57. The lowest BCUT2D eigenvalue weighted by molar-refractivity contribution is -0.113. The van der Waals surface area contributed by atoms with E-state index >= 15 is 0 Å². The molecule has 2 aromatic carbocycles. The van der Waals surface area contributed by atoms with Crippen molar-refractivity contribution in [3.63, 3.8) is 0 Å². The highest BCUT2D eigenvalue weighted by Crippen LogP contribution is 2.22. The normalized spacial score (nSPS) is 11.3.